The Morgan fingerprint density at radius 3 is 2.61 bits per heavy atom. The number of carbonyl (C=O) groups excluding carboxylic acids is 1. The average Bonchev–Trinajstić information content (AvgIpc) is 2.92. The Kier molecular flexibility index (Phi) is 3.65. The van der Waals surface area contributed by atoms with Crippen LogP contribution in [0.25, 0.3) is 0 Å². The number of aromatic nitrogens is 2. The van der Waals surface area contributed by atoms with Gasteiger partial charge in [0.15, 0.2) is 0 Å². The van der Waals surface area contributed by atoms with E-state index in [1.165, 1.54) is 4.68 Å². The summed E-state index contributed by atoms with van der Waals surface area (Å²) in [6, 6.07) is 0. The summed E-state index contributed by atoms with van der Waals surface area (Å²) in [6.45, 7) is 3.28. The van der Waals surface area contributed by atoms with Crippen molar-refractivity contribution in [1.29, 1.82) is 0 Å². The van der Waals surface area contributed by atoms with Gasteiger partial charge in [-0.25, -0.2) is 0 Å². The van der Waals surface area contributed by atoms with E-state index in [0.29, 0.717) is 10.2 Å². The van der Waals surface area contributed by atoms with Crippen molar-refractivity contribution >= 4 is 27.7 Å². The average molecular weight is 317 g/mol. The van der Waals surface area contributed by atoms with Gasteiger partial charge < -0.3 is 15.0 Å². The second kappa shape index (κ2) is 5.05. The molecule has 0 unspecified atom stereocenters. The van der Waals surface area contributed by atoms with Crippen LogP contribution in [0.1, 0.15) is 18.5 Å². The monoisotopic (exact) mass is 316 g/mol. The zero-order valence-electron chi connectivity index (χ0n) is 9.93. The third-order valence-electron chi connectivity index (χ3n) is 3.03. The SMILES string of the molecule is Cc1c(Br)c([N+](=O)[O-])nn1CC(=O)N1CCCC1. The highest BCUT2D eigenvalue weighted by atomic mass is 79.9. The van der Waals surface area contributed by atoms with Crippen LogP contribution in [0.4, 0.5) is 5.82 Å². The molecule has 0 atom stereocenters. The zero-order valence-corrected chi connectivity index (χ0v) is 11.5. The fraction of sp³-hybridized carbons (Fsp3) is 0.600. The molecule has 0 aromatic carbocycles. The van der Waals surface area contributed by atoms with Gasteiger partial charge in [0.05, 0.1) is 10.8 Å². The first-order valence-corrected chi connectivity index (χ1v) is 6.45. The molecule has 0 saturated carbocycles. The molecule has 8 heteroatoms. The van der Waals surface area contributed by atoms with E-state index in [0.717, 1.165) is 25.9 Å². The maximum Gasteiger partial charge on any atom is 0.404 e. The van der Waals surface area contributed by atoms with Gasteiger partial charge in [-0.3, -0.25) is 4.79 Å². The molecule has 0 spiro atoms. The van der Waals surface area contributed by atoms with Crippen LogP contribution in [0.15, 0.2) is 4.47 Å². The van der Waals surface area contributed by atoms with Crippen molar-refractivity contribution in [3.05, 3.63) is 20.3 Å². The predicted octanol–water partition coefficient (Wildman–Crippen LogP) is 1.48. The third-order valence-corrected chi connectivity index (χ3v) is 3.96. The van der Waals surface area contributed by atoms with Crippen LogP contribution >= 0.6 is 15.9 Å². The minimum atomic E-state index is -0.562. The van der Waals surface area contributed by atoms with Gasteiger partial charge in [-0.05, 0) is 40.6 Å². The zero-order chi connectivity index (χ0) is 13.3. The van der Waals surface area contributed by atoms with Gasteiger partial charge in [0.2, 0.25) is 5.91 Å². The first kappa shape index (κ1) is 13.0. The lowest BCUT2D eigenvalue weighted by molar-refractivity contribution is -0.390. The maximum atomic E-state index is 11.9. The van der Waals surface area contributed by atoms with Crippen molar-refractivity contribution in [2.24, 2.45) is 0 Å². The summed E-state index contributed by atoms with van der Waals surface area (Å²) in [5, 5.41) is 14.6. The summed E-state index contributed by atoms with van der Waals surface area (Å²) < 4.78 is 1.71. The lowest BCUT2D eigenvalue weighted by atomic mass is 10.4. The Labute approximate surface area is 112 Å². The number of hydrogen-bond donors (Lipinski definition) is 0. The van der Waals surface area contributed by atoms with Gasteiger partial charge in [-0.15, -0.1) is 0 Å². The lowest BCUT2D eigenvalue weighted by Crippen LogP contribution is -2.31. The molecular formula is C10H13BrN4O3. The van der Waals surface area contributed by atoms with E-state index in [2.05, 4.69) is 21.0 Å². The lowest BCUT2D eigenvalue weighted by Gasteiger charge is -2.14. The number of rotatable bonds is 3. The quantitative estimate of drug-likeness (QED) is 0.625. The number of carbonyl (C=O) groups is 1. The maximum absolute atomic E-state index is 11.9. The normalized spacial score (nSPS) is 15.1. The van der Waals surface area contributed by atoms with Gasteiger partial charge in [0.25, 0.3) is 0 Å². The van der Waals surface area contributed by atoms with E-state index in [9.17, 15) is 14.9 Å². The van der Waals surface area contributed by atoms with E-state index < -0.39 is 4.92 Å². The highest BCUT2D eigenvalue weighted by molar-refractivity contribution is 9.10. The Morgan fingerprint density at radius 2 is 2.11 bits per heavy atom. The molecule has 1 saturated heterocycles. The van der Waals surface area contributed by atoms with Crippen molar-refractivity contribution < 1.29 is 9.72 Å². The van der Waals surface area contributed by atoms with Crippen molar-refractivity contribution in [3.8, 4) is 0 Å². The second-order valence-electron chi connectivity index (χ2n) is 4.23. The summed E-state index contributed by atoms with van der Waals surface area (Å²) in [5.41, 5.74) is 0.592. The van der Waals surface area contributed by atoms with Crippen molar-refractivity contribution in [2.75, 3.05) is 13.1 Å². The smallest absolute Gasteiger partial charge is 0.358 e. The predicted molar refractivity (Wildman–Crippen MR) is 67.1 cm³/mol. The summed E-state index contributed by atoms with van der Waals surface area (Å²) in [5.74, 6) is -0.290. The number of nitro groups is 1. The van der Waals surface area contributed by atoms with Crippen LogP contribution in [0.5, 0.6) is 0 Å². The Morgan fingerprint density at radius 1 is 1.50 bits per heavy atom. The van der Waals surface area contributed by atoms with E-state index in [1.54, 1.807) is 11.8 Å². The van der Waals surface area contributed by atoms with Gasteiger partial charge >= 0.3 is 5.82 Å². The number of hydrogen-bond acceptors (Lipinski definition) is 4. The molecule has 0 bridgehead atoms. The van der Waals surface area contributed by atoms with Gasteiger partial charge in [-0.2, -0.15) is 4.68 Å². The number of nitrogens with zero attached hydrogens (tertiary/aromatic N) is 4. The molecule has 1 aliphatic heterocycles. The summed E-state index contributed by atoms with van der Waals surface area (Å²) in [6.07, 6.45) is 2.04. The first-order chi connectivity index (χ1) is 8.50. The molecule has 1 fully saturated rings. The van der Waals surface area contributed by atoms with E-state index in [4.69, 9.17) is 0 Å². The van der Waals surface area contributed by atoms with Crippen LogP contribution < -0.4 is 0 Å². The summed E-state index contributed by atoms with van der Waals surface area (Å²) in [7, 11) is 0. The molecule has 0 N–H and O–H groups in total. The molecule has 1 aliphatic rings. The summed E-state index contributed by atoms with van der Waals surface area (Å²) in [4.78, 5) is 23.9. The Hall–Kier alpha value is -1.44. The highest BCUT2D eigenvalue weighted by Crippen LogP contribution is 2.27. The van der Waals surface area contributed by atoms with Gasteiger partial charge in [0, 0.05) is 13.1 Å². The fourth-order valence-corrected chi connectivity index (χ4v) is 2.40. The van der Waals surface area contributed by atoms with E-state index in [-0.39, 0.29) is 18.3 Å². The van der Waals surface area contributed by atoms with Crippen LogP contribution in [0, 0.1) is 17.0 Å². The molecule has 0 aliphatic carbocycles. The molecule has 2 heterocycles. The van der Waals surface area contributed by atoms with Gasteiger partial charge in [-0.1, -0.05) is 0 Å². The van der Waals surface area contributed by atoms with Crippen LogP contribution in [-0.2, 0) is 11.3 Å². The number of amides is 1. The van der Waals surface area contributed by atoms with Crippen molar-refractivity contribution in [3.63, 3.8) is 0 Å². The van der Waals surface area contributed by atoms with Gasteiger partial charge in [0.1, 0.15) is 11.0 Å². The number of likely N-dealkylation sites (tertiary alicyclic amines) is 1. The summed E-state index contributed by atoms with van der Waals surface area (Å²) >= 11 is 3.13. The highest BCUT2D eigenvalue weighted by Gasteiger charge is 2.26. The van der Waals surface area contributed by atoms with Crippen LogP contribution in [0.3, 0.4) is 0 Å². The number of halogens is 1. The third kappa shape index (κ3) is 2.38. The minimum absolute atomic E-state index is 0.0412. The first-order valence-electron chi connectivity index (χ1n) is 5.65. The molecule has 0 radical (unpaired) electrons. The molecule has 1 aromatic rings. The molecule has 7 nitrogen and oxygen atoms in total. The molecule has 1 aromatic heterocycles. The molecule has 2 rings (SSSR count). The molecular weight excluding hydrogens is 304 g/mol. The van der Waals surface area contributed by atoms with Crippen LogP contribution in [0.2, 0.25) is 0 Å². The standard InChI is InChI=1S/C10H13BrN4O3/c1-7-9(11)10(15(17)18)12-14(7)6-8(16)13-4-2-3-5-13/h2-6H2,1H3. The van der Waals surface area contributed by atoms with Crippen molar-refractivity contribution in [1.82, 2.24) is 14.7 Å². The molecule has 1 amide bonds. The van der Waals surface area contributed by atoms with Crippen molar-refractivity contribution in [2.45, 2.75) is 26.3 Å². The minimum Gasteiger partial charge on any atom is -0.358 e. The topological polar surface area (TPSA) is 81.3 Å². The fourth-order valence-electron chi connectivity index (χ4n) is 1.97. The van der Waals surface area contributed by atoms with E-state index in [1.807, 2.05) is 0 Å². The van der Waals surface area contributed by atoms with E-state index >= 15 is 0 Å². The molecule has 98 valence electrons. The second-order valence-corrected chi connectivity index (χ2v) is 5.02. The Bertz CT molecular complexity index is 494. The van der Waals surface area contributed by atoms with Crippen LogP contribution in [-0.4, -0.2) is 38.6 Å². The largest absolute Gasteiger partial charge is 0.404 e. The molecule has 18 heavy (non-hydrogen) atoms. The Balaban J connectivity index is 2.16.